The Balaban J connectivity index is 1.52. The topological polar surface area (TPSA) is 50.3 Å². The lowest BCUT2D eigenvalue weighted by Gasteiger charge is -2.26. The summed E-state index contributed by atoms with van der Waals surface area (Å²) in [5.74, 6) is -0.413. The molecule has 6 heteroatoms. The summed E-state index contributed by atoms with van der Waals surface area (Å²) in [6.07, 6.45) is 2.09. The summed E-state index contributed by atoms with van der Waals surface area (Å²) in [7, 11) is 0. The second-order valence-corrected chi connectivity index (χ2v) is 8.44. The van der Waals surface area contributed by atoms with Crippen molar-refractivity contribution in [2.75, 3.05) is 0 Å². The van der Waals surface area contributed by atoms with Gasteiger partial charge in [-0.15, -0.1) is 0 Å². The Morgan fingerprint density at radius 3 is 2.33 bits per heavy atom. The molecular weight excluding hydrogens is 428 g/mol. The molecule has 2 amide bonds. The van der Waals surface area contributed by atoms with Gasteiger partial charge in [-0.05, 0) is 55.2 Å². The minimum Gasteiger partial charge on any atom is -0.269 e. The number of amides is 2. The molecule has 0 spiro atoms. The van der Waals surface area contributed by atoms with Gasteiger partial charge in [0.05, 0.1) is 22.2 Å². The van der Waals surface area contributed by atoms with Crippen LogP contribution in [-0.2, 0) is 6.42 Å². The number of imide groups is 1. The predicted octanol–water partition coefficient (Wildman–Crippen LogP) is 5.02. The van der Waals surface area contributed by atoms with E-state index in [-0.39, 0.29) is 11.8 Å². The van der Waals surface area contributed by atoms with Gasteiger partial charge in [-0.1, -0.05) is 45.7 Å². The molecule has 4 nitrogen and oxygen atoms in total. The fraction of sp³-hybridized carbons (Fsp3) is 0.190. The first-order valence-corrected chi connectivity index (χ1v) is 9.88. The maximum absolute atomic E-state index is 12.9. The van der Waals surface area contributed by atoms with Gasteiger partial charge in [0.15, 0.2) is 0 Å². The number of fused-ring (bicyclic) bond motifs is 2. The molecule has 5 rings (SSSR count). The molecule has 0 saturated heterocycles. The molecule has 2 aliphatic rings. The average Bonchev–Trinajstić information content (AvgIpc) is 3.37. The largest absolute Gasteiger partial charge is 0.269 e. The van der Waals surface area contributed by atoms with Crippen LogP contribution in [-0.4, -0.2) is 27.2 Å². The zero-order valence-electron chi connectivity index (χ0n) is 14.2. The number of hydrogen-bond acceptors (Lipinski definition) is 3. The monoisotopic (exact) mass is 440 g/mol. The summed E-state index contributed by atoms with van der Waals surface area (Å²) in [6.45, 7) is 0. The number of nitrogens with zero attached hydrogens (tertiary/aromatic N) is 2. The molecular formula is C21H14BrClN2O2. The molecule has 1 aliphatic heterocycles. The van der Waals surface area contributed by atoms with Gasteiger partial charge >= 0.3 is 0 Å². The van der Waals surface area contributed by atoms with Crippen LogP contribution in [0.25, 0.3) is 10.9 Å². The van der Waals surface area contributed by atoms with Crippen LogP contribution >= 0.6 is 27.5 Å². The molecule has 0 N–H and O–H groups in total. The average molecular weight is 442 g/mol. The van der Waals surface area contributed by atoms with Crippen LogP contribution in [0.15, 0.2) is 53.0 Å². The molecule has 0 bridgehead atoms. The molecule has 27 heavy (non-hydrogen) atoms. The minimum absolute atomic E-state index is 0.207. The molecule has 1 saturated carbocycles. The van der Waals surface area contributed by atoms with E-state index >= 15 is 0 Å². The van der Waals surface area contributed by atoms with Crippen LogP contribution < -0.4 is 0 Å². The van der Waals surface area contributed by atoms with E-state index in [1.807, 2.05) is 24.3 Å². The second kappa shape index (κ2) is 5.88. The van der Waals surface area contributed by atoms with E-state index < -0.39 is 5.54 Å². The summed E-state index contributed by atoms with van der Waals surface area (Å²) < 4.78 is 0.941. The van der Waals surface area contributed by atoms with Gasteiger partial charge in [0.25, 0.3) is 11.8 Å². The van der Waals surface area contributed by atoms with Crippen LogP contribution in [0, 0.1) is 0 Å². The van der Waals surface area contributed by atoms with Crippen molar-refractivity contribution in [3.8, 4) is 0 Å². The standard InChI is InChI=1S/C21H14BrClN2O2/c22-14-6-5-12-9-13(18(23)24-17(12)10-14)11-21(7-8-21)25-19(26)15-3-1-2-4-16(15)20(25)27/h1-6,9-10H,7-8,11H2. The second-order valence-electron chi connectivity index (χ2n) is 7.17. The molecule has 1 aromatic heterocycles. The highest BCUT2D eigenvalue weighted by Crippen LogP contribution is 2.48. The van der Waals surface area contributed by atoms with E-state index in [1.165, 1.54) is 4.90 Å². The lowest BCUT2D eigenvalue weighted by atomic mass is 10.0. The summed E-state index contributed by atoms with van der Waals surface area (Å²) in [5.41, 5.74) is 2.15. The van der Waals surface area contributed by atoms with Crippen LogP contribution in [0.1, 0.15) is 39.1 Å². The number of rotatable bonds is 3. The number of benzene rings is 2. The molecule has 0 radical (unpaired) electrons. The van der Waals surface area contributed by atoms with Gasteiger partial charge in [0, 0.05) is 9.86 Å². The summed E-state index contributed by atoms with van der Waals surface area (Å²) in [4.78, 5) is 31.7. The SMILES string of the molecule is O=C1c2ccccc2C(=O)N1C1(Cc2cc3ccc(Br)cc3nc2Cl)CC1. The van der Waals surface area contributed by atoms with Crippen molar-refractivity contribution in [1.82, 2.24) is 9.88 Å². The van der Waals surface area contributed by atoms with E-state index in [9.17, 15) is 9.59 Å². The lowest BCUT2D eigenvalue weighted by Crippen LogP contribution is -2.43. The normalized spacial score (nSPS) is 17.5. The fourth-order valence-corrected chi connectivity index (χ4v) is 4.44. The van der Waals surface area contributed by atoms with E-state index in [0.717, 1.165) is 33.8 Å². The van der Waals surface area contributed by atoms with Gasteiger partial charge in [0.2, 0.25) is 0 Å². The maximum Gasteiger partial charge on any atom is 0.262 e. The highest BCUT2D eigenvalue weighted by atomic mass is 79.9. The number of pyridine rings is 1. The Bertz CT molecular complexity index is 1110. The smallest absolute Gasteiger partial charge is 0.262 e. The summed E-state index contributed by atoms with van der Waals surface area (Å²) in [5, 5.41) is 1.40. The van der Waals surface area contributed by atoms with Crippen LogP contribution in [0.2, 0.25) is 5.15 Å². The van der Waals surface area contributed by atoms with Gasteiger partial charge in [-0.25, -0.2) is 4.98 Å². The third-order valence-electron chi connectivity index (χ3n) is 5.42. The van der Waals surface area contributed by atoms with Crippen molar-refractivity contribution >= 4 is 50.2 Å². The van der Waals surface area contributed by atoms with Crippen molar-refractivity contribution in [3.63, 3.8) is 0 Å². The van der Waals surface area contributed by atoms with Crippen molar-refractivity contribution in [2.24, 2.45) is 0 Å². The maximum atomic E-state index is 12.9. The first kappa shape index (κ1) is 16.9. The van der Waals surface area contributed by atoms with Gasteiger partial charge in [-0.2, -0.15) is 0 Å². The third-order valence-corrected chi connectivity index (χ3v) is 6.24. The zero-order valence-corrected chi connectivity index (χ0v) is 16.5. The number of carbonyl (C=O) groups is 2. The number of halogens is 2. The number of aromatic nitrogens is 1. The van der Waals surface area contributed by atoms with Gasteiger partial charge in [0.1, 0.15) is 5.15 Å². The Labute approximate surface area is 169 Å². The van der Waals surface area contributed by atoms with Crippen molar-refractivity contribution in [3.05, 3.63) is 74.8 Å². The molecule has 0 unspecified atom stereocenters. The Hall–Kier alpha value is -2.24. The van der Waals surface area contributed by atoms with Crippen molar-refractivity contribution in [1.29, 1.82) is 0 Å². The molecule has 3 aromatic rings. The predicted molar refractivity (Wildman–Crippen MR) is 107 cm³/mol. The zero-order chi connectivity index (χ0) is 18.8. The minimum atomic E-state index is -0.498. The molecule has 0 atom stereocenters. The van der Waals surface area contributed by atoms with E-state index in [4.69, 9.17) is 11.6 Å². The highest BCUT2D eigenvalue weighted by Gasteiger charge is 2.56. The summed E-state index contributed by atoms with van der Waals surface area (Å²) in [6, 6.07) is 14.9. The van der Waals surface area contributed by atoms with Gasteiger partial charge in [-0.3, -0.25) is 14.5 Å². The van der Waals surface area contributed by atoms with E-state index in [0.29, 0.717) is 22.7 Å². The van der Waals surface area contributed by atoms with Gasteiger partial charge < -0.3 is 0 Å². The number of hydrogen-bond donors (Lipinski definition) is 0. The molecule has 1 aliphatic carbocycles. The quantitative estimate of drug-likeness (QED) is 0.423. The fourth-order valence-electron chi connectivity index (χ4n) is 3.88. The van der Waals surface area contributed by atoms with E-state index in [1.54, 1.807) is 24.3 Å². The molecule has 2 aromatic carbocycles. The first-order valence-electron chi connectivity index (χ1n) is 8.71. The molecule has 2 heterocycles. The van der Waals surface area contributed by atoms with Crippen molar-refractivity contribution in [2.45, 2.75) is 24.8 Å². The lowest BCUT2D eigenvalue weighted by molar-refractivity contribution is 0.0559. The van der Waals surface area contributed by atoms with Crippen molar-refractivity contribution < 1.29 is 9.59 Å². The van der Waals surface area contributed by atoms with Crippen LogP contribution in [0.4, 0.5) is 0 Å². The highest BCUT2D eigenvalue weighted by molar-refractivity contribution is 9.10. The molecule has 1 fully saturated rings. The van der Waals surface area contributed by atoms with E-state index in [2.05, 4.69) is 20.9 Å². The molecule has 134 valence electrons. The Morgan fingerprint density at radius 2 is 1.70 bits per heavy atom. The first-order chi connectivity index (χ1) is 13.0. The van der Waals surface area contributed by atoms with Crippen LogP contribution in [0.3, 0.4) is 0 Å². The van der Waals surface area contributed by atoms with Crippen LogP contribution in [0.5, 0.6) is 0 Å². The Morgan fingerprint density at radius 1 is 1.04 bits per heavy atom. The third kappa shape index (κ3) is 2.60. The Kier molecular flexibility index (Phi) is 3.68. The number of carbonyl (C=O) groups excluding carboxylic acids is 2. The summed E-state index contributed by atoms with van der Waals surface area (Å²) >= 11 is 9.88.